The second-order valence-corrected chi connectivity index (χ2v) is 2.68. The van der Waals surface area contributed by atoms with Crippen molar-refractivity contribution in [3.63, 3.8) is 0 Å². The van der Waals surface area contributed by atoms with E-state index in [0.29, 0.717) is 0 Å². The molecular weight excluding hydrogens is 158 g/mol. The summed E-state index contributed by atoms with van der Waals surface area (Å²) in [5.41, 5.74) is 0. The Kier molecular flexibility index (Phi) is 9.96. The molecule has 0 atom stereocenters. The molecule has 0 aromatic heterocycles. The van der Waals surface area contributed by atoms with E-state index in [4.69, 9.17) is 0 Å². The van der Waals surface area contributed by atoms with Crippen molar-refractivity contribution in [2.45, 2.75) is 26.7 Å². The highest BCUT2D eigenvalue weighted by Gasteiger charge is 1.78. The number of allylic oxidation sites excluding steroid dienone is 6. The maximum absolute atomic E-state index is 4.22. The Morgan fingerprint density at radius 3 is 2.46 bits per heavy atom. The minimum atomic E-state index is 0.921. The first kappa shape index (κ1) is 11.9. The summed E-state index contributed by atoms with van der Waals surface area (Å²) in [5.74, 6) is 0. The largest absolute Gasteiger partial charge is 0.293 e. The summed E-state index contributed by atoms with van der Waals surface area (Å²) in [7, 11) is 0. The highest BCUT2D eigenvalue weighted by Crippen LogP contribution is 1.91. The lowest BCUT2D eigenvalue weighted by Gasteiger charge is -1.88. The topological polar surface area (TPSA) is 12.4 Å². The van der Waals surface area contributed by atoms with Gasteiger partial charge in [0, 0.05) is 12.8 Å². The zero-order valence-corrected chi connectivity index (χ0v) is 8.61. The van der Waals surface area contributed by atoms with Gasteiger partial charge in [0.15, 0.2) is 0 Å². The van der Waals surface area contributed by atoms with Crippen molar-refractivity contribution < 1.29 is 0 Å². The van der Waals surface area contributed by atoms with Crippen molar-refractivity contribution >= 4 is 6.21 Å². The minimum absolute atomic E-state index is 0.921. The van der Waals surface area contributed by atoms with Crippen LogP contribution in [-0.2, 0) is 0 Å². The first-order valence-electron chi connectivity index (χ1n) is 4.80. The molecule has 0 radical (unpaired) electrons. The molecule has 0 aliphatic heterocycles. The number of nitrogens with zero attached hydrogens (tertiary/aromatic N) is 1. The van der Waals surface area contributed by atoms with Gasteiger partial charge < -0.3 is 0 Å². The molecule has 72 valence electrons. The van der Waals surface area contributed by atoms with Crippen LogP contribution in [0.2, 0.25) is 0 Å². The molecule has 0 heterocycles. The first-order valence-corrected chi connectivity index (χ1v) is 4.80. The van der Waals surface area contributed by atoms with E-state index in [0.717, 1.165) is 19.4 Å². The van der Waals surface area contributed by atoms with Gasteiger partial charge in [-0.2, -0.15) is 0 Å². The molecule has 0 spiro atoms. The van der Waals surface area contributed by atoms with Crippen LogP contribution in [0.15, 0.2) is 41.4 Å². The van der Waals surface area contributed by atoms with Crippen LogP contribution in [0, 0.1) is 0 Å². The Labute approximate surface area is 81.6 Å². The number of hydrogen-bond acceptors (Lipinski definition) is 1. The Bertz CT molecular complexity index is 175. The van der Waals surface area contributed by atoms with E-state index in [2.05, 4.69) is 17.1 Å². The van der Waals surface area contributed by atoms with Gasteiger partial charge in [0.25, 0.3) is 0 Å². The van der Waals surface area contributed by atoms with E-state index in [9.17, 15) is 0 Å². The molecule has 0 aromatic rings. The molecule has 0 aliphatic rings. The number of rotatable bonds is 6. The highest BCUT2D eigenvalue weighted by molar-refractivity contribution is 5.70. The second-order valence-electron chi connectivity index (χ2n) is 2.68. The third-order valence-corrected chi connectivity index (χ3v) is 1.48. The summed E-state index contributed by atoms with van der Waals surface area (Å²) in [5, 5.41) is 0. The van der Waals surface area contributed by atoms with Crippen molar-refractivity contribution in [3.8, 4) is 0 Å². The summed E-state index contributed by atoms with van der Waals surface area (Å²) in [4.78, 5) is 4.22. The monoisotopic (exact) mass is 177 g/mol. The molecular formula is C12H19N. The smallest absolute Gasteiger partial charge is 0.0392 e. The van der Waals surface area contributed by atoms with Gasteiger partial charge in [0.2, 0.25) is 0 Å². The molecule has 0 unspecified atom stereocenters. The third kappa shape index (κ3) is 10.9. The molecule has 0 aromatic carbocycles. The third-order valence-electron chi connectivity index (χ3n) is 1.48. The number of unbranched alkanes of at least 4 members (excludes halogenated alkanes) is 1. The van der Waals surface area contributed by atoms with Crippen molar-refractivity contribution in [1.82, 2.24) is 0 Å². The van der Waals surface area contributed by atoms with Crippen LogP contribution in [0.1, 0.15) is 26.7 Å². The highest BCUT2D eigenvalue weighted by atomic mass is 14.7. The average Bonchev–Trinajstić information content (AvgIpc) is 2.16. The van der Waals surface area contributed by atoms with Crippen LogP contribution in [0.5, 0.6) is 0 Å². The molecule has 0 amide bonds. The first-order chi connectivity index (χ1) is 6.41. The summed E-state index contributed by atoms with van der Waals surface area (Å²) in [6.45, 7) is 4.93. The summed E-state index contributed by atoms with van der Waals surface area (Å²) in [6.07, 6.45) is 16.4. The second kappa shape index (κ2) is 10.9. The van der Waals surface area contributed by atoms with Gasteiger partial charge in [0.1, 0.15) is 0 Å². The van der Waals surface area contributed by atoms with Crippen LogP contribution < -0.4 is 0 Å². The van der Waals surface area contributed by atoms with Crippen LogP contribution in [0.4, 0.5) is 0 Å². The van der Waals surface area contributed by atoms with E-state index in [1.165, 1.54) is 0 Å². The summed E-state index contributed by atoms with van der Waals surface area (Å²) < 4.78 is 0. The summed E-state index contributed by atoms with van der Waals surface area (Å²) >= 11 is 0. The molecule has 0 saturated heterocycles. The van der Waals surface area contributed by atoms with Gasteiger partial charge in [-0.25, -0.2) is 0 Å². The molecule has 1 heteroatoms. The lowest BCUT2D eigenvalue weighted by atomic mass is 10.3. The predicted octanol–water partition coefficient (Wildman–Crippen LogP) is 3.55. The zero-order valence-electron chi connectivity index (χ0n) is 8.61. The van der Waals surface area contributed by atoms with Gasteiger partial charge in [0.05, 0.1) is 0 Å². The fourth-order valence-corrected chi connectivity index (χ4v) is 0.808. The van der Waals surface area contributed by atoms with Gasteiger partial charge in [-0.15, -0.1) is 0 Å². The molecule has 13 heavy (non-hydrogen) atoms. The molecule has 0 bridgehead atoms. The van der Waals surface area contributed by atoms with Crippen molar-refractivity contribution in [2.75, 3.05) is 6.54 Å². The normalized spacial score (nSPS) is 13.1. The Morgan fingerprint density at radius 2 is 1.77 bits per heavy atom. The van der Waals surface area contributed by atoms with E-state index in [1.54, 1.807) is 0 Å². The quantitative estimate of drug-likeness (QED) is 0.334. The maximum atomic E-state index is 4.22. The Morgan fingerprint density at radius 1 is 1.00 bits per heavy atom. The van der Waals surface area contributed by atoms with Gasteiger partial charge in [-0.3, -0.25) is 4.99 Å². The van der Waals surface area contributed by atoms with Gasteiger partial charge in [-0.1, -0.05) is 30.4 Å². The Balaban J connectivity index is 3.26. The molecule has 0 saturated carbocycles. The SMILES string of the molecule is C/C=C\C=NCCC/C=C/C=C/C. The van der Waals surface area contributed by atoms with E-state index in [-0.39, 0.29) is 0 Å². The van der Waals surface area contributed by atoms with Crippen LogP contribution >= 0.6 is 0 Å². The Hall–Kier alpha value is -1.11. The maximum Gasteiger partial charge on any atom is 0.0392 e. The van der Waals surface area contributed by atoms with E-state index in [1.807, 2.05) is 44.4 Å². The van der Waals surface area contributed by atoms with Crippen molar-refractivity contribution in [2.24, 2.45) is 4.99 Å². The predicted molar refractivity (Wildman–Crippen MR) is 61.4 cm³/mol. The number of aliphatic imine (C=N–C) groups is 1. The van der Waals surface area contributed by atoms with Crippen molar-refractivity contribution in [1.29, 1.82) is 0 Å². The zero-order chi connectivity index (χ0) is 9.78. The minimum Gasteiger partial charge on any atom is -0.293 e. The van der Waals surface area contributed by atoms with Crippen LogP contribution in [0.25, 0.3) is 0 Å². The average molecular weight is 177 g/mol. The number of hydrogen-bond donors (Lipinski definition) is 0. The van der Waals surface area contributed by atoms with Gasteiger partial charge in [-0.05, 0) is 32.8 Å². The molecule has 0 rings (SSSR count). The van der Waals surface area contributed by atoms with Crippen LogP contribution in [0.3, 0.4) is 0 Å². The van der Waals surface area contributed by atoms with E-state index < -0.39 is 0 Å². The lowest BCUT2D eigenvalue weighted by molar-refractivity contribution is 0.859. The molecule has 1 nitrogen and oxygen atoms in total. The van der Waals surface area contributed by atoms with Gasteiger partial charge >= 0.3 is 0 Å². The van der Waals surface area contributed by atoms with Crippen LogP contribution in [-0.4, -0.2) is 12.8 Å². The van der Waals surface area contributed by atoms with E-state index >= 15 is 0 Å². The summed E-state index contributed by atoms with van der Waals surface area (Å²) in [6, 6.07) is 0. The molecule has 0 fully saturated rings. The molecule has 0 N–H and O–H groups in total. The fraction of sp³-hybridized carbons (Fsp3) is 0.417. The standard InChI is InChI=1S/C12H19N/c1-3-5-7-8-9-10-12-13-11-6-4-2/h3-8,11H,9-10,12H2,1-2H3/b5-3+,6-4-,8-7+,13-11?. The lowest BCUT2D eigenvalue weighted by Crippen LogP contribution is -1.78. The van der Waals surface area contributed by atoms with Crippen molar-refractivity contribution in [3.05, 3.63) is 36.5 Å². The fourth-order valence-electron chi connectivity index (χ4n) is 0.808. The molecule has 0 aliphatic carbocycles.